The van der Waals surface area contributed by atoms with Gasteiger partial charge in [-0.2, -0.15) is 0 Å². The van der Waals surface area contributed by atoms with Gasteiger partial charge >= 0.3 is 0 Å². The zero-order chi connectivity index (χ0) is 12.4. The van der Waals surface area contributed by atoms with Crippen molar-refractivity contribution in [2.45, 2.75) is 16.1 Å². The smallest absolute Gasteiger partial charge is 0.229 e. The van der Waals surface area contributed by atoms with Crippen molar-refractivity contribution in [1.82, 2.24) is 0 Å². The van der Waals surface area contributed by atoms with Gasteiger partial charge in [0.25, 0.3) is 0 Å². The Kier molecular flexibility index (Phi) is 4.40. The van der Waals surface area contributed by atoms with Crippen LogP contribution >= 0.6 is 27.5 Å². The Morgan fingerprint density at radius 2 is 1.94 bits per heavy atom. The van der Waals surface area contributed by atoms with E-state index in [0.717, 1.165) is 0 Å². The summed E-state index contributed by atoms with van der Waals surface area (Å²) in [5, 5.41) is 9.96. The molecule has 0 fully saturated rings. The van der Waals surface area contributed by atoms with Crippen LogP contribution < -0.4 is 0 Å². The van der Waals surface area contributed by atoms with Gasteiger partial charge in [0.1, 0.15) is 6.10 Å². The summed E-state index contributed by atoms with van der Waals surface area (Å²) in [6.07, 6.45) is -1.32. The van der Waals surface area contributed by atoms with E-state index in [9.17, 15) is 13.5 Å². The summed E-state index contributed by atoms with van der Waals surface area (Å²) in [5.41, 5.74) is 0.450. The summed E-state index contributed by atoms with van der Waals surface area (Å²) in [6.45, 7) is 1.48. The summed E-state index contributed by atoms with van der Waals surface area (Å²) in [6, 6.07) is 8.42. The molecule has 0 amide bonds. The van der Waals surface area contributed by atoms with Gasteiger partial charge in [-0.15, -0.1) is 0 Å². The summed E-state index contributed by atoms with van der Waals surface area (Å²) in [7, 11) is -3.61. The number of halogens is 2. The van der Waals surface area contributed by atoms with Crippen LogP contribution in [0.2, 0.25) is 0 Å². The van der Waals surface area contributed by atoms with E-state index in [-0.39, 0.29) is 5.75 Å². The number of aliphatic hydroxyl groups excluding tert-OH is 1. The van der Waals surface area contributed by atoms with Crippen LogP contribution in [0.25, 0.3) is 0 Å². The molecule has 0 heterocycles. The molecule has 1 N–H and O–H groups in total. The Hall–Kier alpha value is -0.100. The average Bonchev–Trinajstić information content (AvgIpc) is 2.29. The van der Waals surface area contributed by atoms with E-state index >= 15 is 0 Å². The minimum absolute atomic E-state index is 0.147. The lowest BCUT2D eigenvalue weighted by Gasteiger charge is -2.25. The topological polar surface area (TPSA) is 54.4 Å². The number of alkyl halides is 2. The molecule has 0 saturated heterocycles. The first-order chi connectivity index (χ1) is 7.33. The molecule has 0 spiro atoms. The fraction of sp³-hybridized carbons (Fsp3) is 0.400. The van der Waals surface area contributed by atoms with Crippen LogP contribution in [0.5, 0.6) is 0 Å². The van der Waals surface area contributed by atoms with Gasteiger partial charge in [0.2, 0.25) is 3.12 Å². The van der Waals surface area contributed by atoms with Crippen molar-refractivity contribution in [2.24, 2.45) is 0 Å². The van der Waals surface area contributed by atoms with E-state index in [1.54, 1.807) is 30.3 Å². The molecular weight excluding hydrogens is 316 g/mol. The van der Waals surface area contributed by atoms with Crippen LogP contribution in [-0.2, 0) is 9.84 Å². The lowest BCUT2D eigenvalue weighted by molar-refractivity contribution is 0.185. The number of benzene rings is 1. The SMILES string of the molecule is CCS(=O)(=O)[C@@](Cl)(Br)[C@H](O)c1ccccc1. The highest BCUT2D eigenvalue weighted by Gasteiger charge is 2.45. The highest BCUT2D eigenvalue weighted by Crippen LogP contribution is 2.42. The maximum atomic E-state index is 11.7. The first-order valence-corrected chi connectivity index (χ1v) is 7.48. The largest absolute Gasteiger partial charge is 0.385 e. The molecule has 0 aliphatic rings. The number of hydrogen-bond donors (Lipinski definition) is 1. The Balaban J connectivity index is 3.11. The van der Waals surface area contributed by atoms with Crippen molar-refractivity contribution in [2.75, 3.05) is 5.75 Å². The van der Waals surface area contributed by atoms with Gasteiger partial charge in [0.15, 0.2) is 9.84 Å². The summed E-state index contributed by atoms with van der Waals surface area (Å²) < 4.78 is 21.5. The van der Waals surface area contributed by atoms with Gasteiger partial charge in [0, 0.05) is 0 Å². The van der Waals surface area contributed by atoms with Crippen molar-refractivity contribution in [3.05, 3.63) is 35.9 Å². The van der Waals surface area contributed by atoms with E-state index in [1.807, 2.05) is 0 Å². The van der Waals surface area contributed by atoms with E-state index in [4.69, 9.17) is 11.6 Å². The molecule has 0 saturated carbocycles. The van der Waals surface area contributed by atoms with Crippen LogP contribution in [0.15, 0.2) is 30.3 Å². The molecule has 1 rings (SSSR count). The number of sulfone groups is 1. The minimum Gasteiger partial charge on any atom is -0.385 e. The number of hydrogen-bond acceptors (Lipinski definition) is 3. The van der Waals surface area contributed by atoms with Crippen molar-refractivity contribution < 1.29 is 13.5 Å². The average molecular weight is 328 g/mol. The maximum Gasteiger partial charge on any atom is 0.229 e. The summed E-state index contributed by atoms with van der Waals surface area (Å²) in [4.78, 5) is 0. The van der Waals surface area contributed by atoms with Crippen LogP contribution in [0, 0.1) is 0 Å². The third-order valence-electron chi connectivity index (χ3n) is 2.23. The molecule has 2 atom stereocenters. The highest BCUT2D eigenvalue weighted by atomic mass is 79.9. The van der Waals surface area contributed by atoms with Crippen molar-refractivity contribution >= 4 is 37.4 Å². The van der Waals surface area contributed by atoms with Crippen LogP contribution in [0.4, 0.5) is 0 Å². The predicted molar refractivity (Wildman–Crippen MR) is 68.4 cm³/mol. The van der Waals surface area contributed by atoms with Crippen LogP contribution in [-0.4, -0.2) is 22.4 Å². The van der Waals surface area contributed by atoms with Gasteiger partial charge in [-0.1, -0.05) is 48.9 Å². The molecule has 0 aliphatic heterocycles. The van der Waals surface area contributed by atoms with Crippen LogP contribution in [0.3, 0.4) is 0 Å². The second-order valence-corrected chi connectivity index (χ2v) is 8.78. The molecule has 1 aromatic rings. The lowest BCUT2D eigenvalue weighted by Crippen LogP contribution is -2.34. The van der Waals surface area contributed by atoms with E-state index in [1.165, 1.54) is 6.92 Å². The Bertz CT molecular complexity index is 444. The van der Waals surface area contributed by atoms with Crippen molar-refractivity contribution in [3.8, 4) is 0 Å². The minimum atomic E-state index is -3.61. The van der Waals surface area contributed by atoms with Gasteiger partial charge in [0.05, 0.1) is 5.75 Å². The molecule has 0 radical (unpaired) electrons. The fourth-order valence-electron chi connectivity index (χ4n) is 1.19. The quantitative estimate of drug-likeness (QED) is 0.864. The Labute approximate surface area is 108 Å². The maximum absolute atomic E-state index is 11.7. The molecule has 0 aromatic heterocycles. The second-order valence-electron chi connectivity index (χ2n) is 3.28. The van der Waals surface area contributed by atoms with Crippen molar-refractivity contribution in [1.29, 1.82) is 0 Å². The summed E-state index contributed by atoms with van der Waals surface area (Å²) >= 11 is 8.79. The first kappa shape index (κ1) is 14.0. The third-order valence-corrected chi connectivity index (χ3v) is 6.87. The second kappa shape index (κ2) is 5.04. The Morgan fingerprint density at radius 1 is 1.44 bits per heavy atom. The van der Waals surface area contributed by atoms with Crippen LogP contribution in [0.1, 0.15) is 18.6 Å². The first-order valence-electron chi connectivity index (χ1n) is 4.66. The van der Waals surface area contributed by atoms with E-state index < -0.39 is 19.1 Å². The Morgan fingerprint density at radius 3 is 2.38 bits per heavy atom. The fourth-order valence-corrected chi connectivity index (χ4v) is 3.46. The zero-order valence-corrected chi connectivity index (χ0v) is 11.8. The standard InChI is InChI=1S/C10H12BrClO3S/c1-2-16(14,15)10(11,12)9(13)8-6-4-3-5-7-8/h3-7,9,13H,2H2,1H3/t9-,10-/m1/s1. The normalized spacial score (nSPS) is 17.8. The molecule has 1 aromatic carbocycles. The molecule has 3 nitrogen and oxygen atoms in total. The predicted octanol–water partition coefficient (Wildman–Crippen LogP) is 2.44. The van der Waals surface area contributed by atoms with E-state index in [0.29, 0.717) is 5.56 Å². The monoisotopic (exact) mass is 326 g/mol. The molecule has 90 valence electrons. The van der Waals surface area contributed by atoms with E-state index in [2.05, 4.69) is 15.9 Å². The molecule has 0 aliphatic carbocycles. The summed E-state index contributed by atoms with van der Waals surface area (Å²) in [5.74, 6) is -0.147. The van der Waals surface area contributed by atoms with Crippen molar-refractivity contribution in [3.63, 3.8) is 0 Å². The highest BCUT2D eigenvalue weighted by molar-refractivity contribution is 9.12. The molecule has 0 unspecified atom stereocenters. The lowest BCUT2D eigenvalue weighted by atomic mass is 10.1. The molecular formula is C10H12BrClO3S. The van der Waals surface area contributed by atoms with Gasteiger partial charge in [-0.25, -0.2) is 8.42 Å². The van der Waals surface area contributed by atoms with Gasteiger partial charge in [-0.05, 0) is 21.5 Å². The van der Waals surface area contributed by atoms with Gasteiger partial charge < -0.3 is 5.11 Å². The number of rotatable bonds is 4. The molecule has 6 heteroatoms. The number of aliphatic hydroxyl groups is 1. The third kappa shape index (κ3) is 2.59. The zero-order valence-electron chi connectivity index (χ0n) is 8.60. The van der Waals surface area contributed by atoms with Gasteiger partial charge in [-0.3, -0.25) is 0 Å². The molecule has 16 heavy (non-hydrogen) atoms. The molecule has 0 bridgehead atoms.